The van der Waals surface area contributed by atoms with Crippen molar-refractivity contribution in [1.29, 1.82) is 0 Å². The monoisotopic (exact) mass is 301 g/mol. The number of likely N-dealkylation sites (tertiary alicyclic amines) is 1. The van der Waals surface area contributed by atoms with Gasteiger partial charge in [-0.25, -0.2) is 4.68 Å². The van der Waals surface area contributed by atoms with E-state index >= 15 is 0 Å². The number of tetrazole rings is 1. The molecule has 1 fully saturated rings. The number of benzene rings is 1. The topological polar surface area (TPSA) is 73.1 Å². The summed E-state index contributed by atoms with van der Waals surface area (Å²) in [5.74, 6) is 1.60. The lowest BCUT2D eigenvalue weighted by atomic mass is 10.1. The zero-order valence-corrected chi connectivity index (χ0v) is 12.6. The third kappa shape index (κ3) is 3.41. The van der Waals surface area contributed by atoms with Crippen LogP contribution in [0.4, 0.5) is 0 Å². The molecule has 7 nitrogen and oxygen atoms in total. The second-order valence-electron chi connectivity index (χ2n) is 5.42. The van der Waals surface area contributed by atoms with Gasteiger partial charge in [0.2, 0.25) is 5.91 Å². The maximum absolute atomic E-state index is 12.1. The molecule has 1 aromatic heterocycles. The van der Waals surface area contributed by atoms with Crippen LogP contribution in [0.2, 0.25) is 0 Å². The molecule has 7 heteroatoms. The van der Waals surface area contributed by atoms with Gasteiger partial charge in [0.05, 0.1) is 6.42 Å². The Hall–Kier alpha value is -2.44. The third-order valence-electron chi connectivity index (χ3n) is 3.81. The molecule has 1 aromatic carbocycles. The molecule has 22 heavy (non-hydrogen) atoms. The van der Waals surface area contributed by atoms with Crippen molar-refractivity contribution in [1.82, 2.24) is 25.1 Å². The number of aromatic nitrogens is 4. The van der Waals surface area contributed by atoms with Crippen LogP contribution in [0.25, 0.3) is 0 Å². The molecule has 0 N–H and O–H groups in total. The van der Waals surface area contributed by atoms with Crippen LogP contribution in [-0.4, -0.2) is 44.1 Å². The van der Waals surface area contributed by atoms with Gasteiger partial charge in [0, 0.05) is 20.1 Å². The van der Waals surface area contributed by atoms with Crippen molar-refractivity contribution in [2.24, 2.45) is 7.05 Å². The minimum atomic E-state index is 0.205. The second-order valence-corrected chi connectivity index (χ2v) is 5.42. The Morgan fingerprint density at radius 3 is 2.59 bits per heavy atom. The Labute approximate surface area is 128 Å². The fraction of sp³-hybridized carbons (Fsp3) is 0.467. The van der Waals surface area contributed by atoms with Crippen LogP contribution in [0, 0.1) is 0 Å². The Morgan fingerprint density at radius 1 is 1.23 bits per heavy atom. The first-order valence-corrected chi connectivity index (χ1v) is 7.43. The van der Waals surface area contributed by atoms with Crippen molar-refractivity contribution in [3.63, 3.8) is 0 Å². The van der Waals surface area contributed by atoms with Crippen LogP contribution in [0.1, 0.15) is 24.2 Å². The number of rotatable bonds is 5. The molecule has 0 radical (unpaired) electrons. The summed E-state index contributed by atoms with van der Waals surface area (Å²) < 4.78 is 7.20. The molecule has 116 valence electrons. The van der Waals surface area contributed by atoms with E-state index in [-0.39, 0.29) is 5.91 Å². The van der Waals surface area contributed by atoms with Crippen molar-refractivity contribution < 1.29 is 9.53 Å². The van der Waals surface area contributed by atoms with Crippen LogP contribution < -0.4 is 4.74 Å². The molecule has 0 spiro atoms. The van der Waals surface area contributed by atoms with Crippen molar-refractivity contribution in [3.05, 3.63) is 35.7 Å². The van der Waals surface area contributed by atoms with E-state index in [9.17, 15) is 4.79 Å². The fourth-order valence-electron chi connectivity index (χ4n) is 2.47. The number of hydrogen-bond donors (Lipinski definition) is 0. The molecule has 0 unspecified atom stereocenters. The van der Waals surface area contributed by atoms with Gasteiger partial charge in [-0.15, -0.1) is 5.10 Å². The van der Waals surface area contributed by atoms with Gasteiger partial charge in [-0.2, -0.15) is 0 Å². The van der Waals surface area contributed by atoms with Crippen molar-refractivity contribution in [2.75, 3.05) is 13.1 Å². The van der Waals surface area contributed by atoms with Gasteiger partial charge < -0.3 is 9.64 Å². The number of ether oxygens (including phenoxy) is 1. The molecule has 0 saturated carbocycles. The minimum absolute atomic E-state index is 0.205. The van der Waals surface area contributed by atoms with E-state index < -0.39 is 0 Å². The number of carbonyl (C=O) groups is 1. The lowest BCUT2D eigenvalue weighted by Gasteiger charge is -2.15. The lowest BCUT2D eigenvalue weighted by Crippen LogP contribution is -2.28. The molecule has 0 atom stereocenters. The highest BCUT2D eigenvalue weighted by atomic mass is 16.5. The molecule has 3 rings (SSSR count). The van der Waals surface area contributed by atoms with Gasteiger partial charge in [0.1, 0.15) is 12.4 Å². The summed E-state index contributed by atoms with van der Waals surface area (Å²) in [7, 11) is 1.77. The van der Waals surface area contributed by atoms with Crippen molar-refractivity contribution in [2.45, 2.75) is 25.9 Å². The first kappa shape index (κ1) is 14.5. The predicted octanol–water partition coefficient (Wildman–Crippen LogP) is 0.954. The van der Waals surface area contributed by atoms with Gasteiger partial charge in [-0.05, 0) is 41.0 Å². The number of carbonyl (C=O) groups excluding carboxylic acids is 1. The van der Waals surface area contributed by atoms with E-state index in [1.807, 2.05) is 29.2 Å². The summed E-state index contributed by atoms with van der Waals surface area (Å²) in [6, 6.07) is 7.60. The highest BCUT2D eigenvalue weighted by molar-refractivity contribution is 5.79. The highest BCUT2D eigenvalue weighted by Crippen LogP contribution is 2.15. The van der Waals surface area contributed by atoms with E-state index in [1.54, 1.807) is 11.7 Å². The van der Waals surface area contributed by atoms with E-state index in [2.05, 4.69) is 15.5 Å². The molecule has 0 aliphatic carbocycles. The van der Waals surface area contributed by atoms with Crippen LogP contribution >= 0.6 is 0 Å². The number of nitrogens with zero attached hydrogens (tertiary/aromatic N) is 5. The Kier molecular flexibility index (Phi) is 4.32. The van der Waals surface area contributed by atoms with E-state index in [0.717, 1.165) is 37.2 Å². The summed E-state index contributed by atoms with van der Waals surface area (Å²) in [6.07, 6.45) is 2.69. The first-order valence-electron chi connectivity index (χ1n) is 7.43. The molecule has 2 heterocycles. The molecular formula is C15H19N5O2. The summed E-state index contributed by atoms with van der Waals surface area (Å²) in [4.78, 5) is 14.0. The van der Waals surface area contributed by atoms with Crippen molar-refractivity contribution in [3.8, 4) is 5.75 Å². The first-order chi connectivity index (χ1) is 10.7. The Bertz CT molecular complexity index is 632. The normalized spacial score (nSPS) is 14.3. The summed E-state index contributed by atoms with van der Waals surface area (Å²) in [5.41, 5.74) is 1.00. The van der Waals surface area contributed by atoms with Crippen LogP contribution in [0.5, 0.6) is 5.75 Å². The zero-order valence-electron chi connectivity index (χ0n) is 12.6. The molecule has 0 bridgehead atoms. The van der Waals surface area contributed by atoms with Crippen LogP contribution in [0.3, 0.4) is 0 Å². The minimum Gasteiger partial charge on any atom is -0.486 e. The average molecular weight is 301 g/mol. The van der Waals surface area contributed by atoms with Crippen LogP contribution in [-0.2, 0) is 24.9 Å². The maximum Gasteiger partial charge on any atom is 0.226 e. The maximum atomic E-state index is 12.1. The van der Waals surface area contributed by atoms with Gasteiger partial charge in [0.25, 0.3) is 0 Å². The van der Waals surface area contributed by atoms with Crippen LogP contribution in [0.15, 0.2) is 24.3 Å². The molecule has 1 aliphatic rings. The number of hydrogen-bond acceptors (Lipinski definition) is 5. The third-order valence-corrected chi connectivity index (χ3v) is 3.81. The Balaban J connectivity index is 1.53. The Morgan fingerprint density at radius 2 is 1.95 bits per heavy atom. The SMILES string of the molecule is Cn1nnnc1COc1ccc(CC(=O)N2CCCC2)cc1. The van der Waals surface area contributed by atoms with E-state index in [4.69, 9.17) is 4.74 Å². The fourth-order valence-corrected chi connectivity index (χ4v) is 2.47. The molecule has 1 amide bonds. The van der Waals surface area contributed by atoms with Crippen molar-refractivity contribution >= 4 is 5.91 Å². The lowest BCUT2D eigenvalue weighted by molar-refractivity contribution is -0.129. The summed E-state index contributed by atoms with van der Waals surface area (Å²) in [5, 5.41) is 11.2. The highest BCUT2D eigenvalue weighted by Gasteiger charge is 2.17. The number of amides is 1. The summed E-state index contributed by atoms with van der Waals surface area (Å²) in [6.45, 7) is 2.10. The molecule has 1 aliphatic heterocycles. The predicted molar refractivity (Wildman–Crippen MR) is 79.1 cm³/mol. The quantitative estimate of drug-likeness (QED) is 0.822. The zero-order chi connectivity index (χ0) is 15.4. The van der Waals surface area contributed by atoms with Gasteiger partial charge in [-0.3, -0.25) is 4.79 Å². The molecular weight excluding hydrogens is 282 g/mol. The average Bonchev–Trinajstić information content (AvgIpc) is 3.18. The van der Waals surface area contributed by atoms with E-state index in [0.29, 0.717) is 18.9 Å². The largest absolute Gasteiger partial charge is 0.486 e. The standard InChI is InChI=1S/C15H19N5O2/c1-19-14(16-17-18-19)11-22-13-6-4-12(5-7-13)10-15(21)20-8-2-3-9-20/h4-7H,2-3,8-11H2,1H3. The second kappa shape index (κ2) is 6.55. The molecule has 1 saturated heterocycles. The van der Waals surface area contributed by atoms with Gasteiger partial charge >= 0.3 is 0 Å². The van der Waals surface area contributed by atoms with Gasteiger partial charge in [0.15, 0.2) is 5.82 Å². The molecule has 2 aromatic rings. The van der Waals surface area contributed by atoms with E-state index in [1.165, 1.54) is 0 Å². The smallest absolute Gasteiger partial charge is 0.226 e. The number of aryl methyl sites for hydroxylation is 1. The summed E-state index contributed by atoms with van der Waals surface area (Å²) >= 11 is 0. The van der Waals surface area contributed by atoms with Gasteiger partial charge in [-0.1, -0.05) is 12.1 Å².